The van der Waals surface area contributed by atoms with Crippen LogP contribution in [0, 0.1) is 13.8 Å². The van der Waals surface area contributed by atoms with Crippen LogP contribution in [-0.2, 0) is 0 Å². The molecular formula is C22H20N6O3. The summed E-state index contributed by atoms with van der Waals surface area (Å²) in [5, 5.41) is 6.11. The third kappa shape index (κ3) is 5.36. The van der Waals surface area contributed by atoms with Crippen LogP contribution >= 0.6 is 0 Å². The Morgan fingerprint density at radius 3 is 1.42 bits per heavy atom. The third-order valence-corrected chi connectivity index (χ3v) is 4.21. The summed E-state index contributed by atoms with van der Waals surface area (Å²) in [5.41, 5.74) is 2.37. The number of H-pyrrole nitrogens is 2. The van der Waals surface area contributed by atoms with Crippen LogP contribution in [0.3, 0.4) is 0 Å². The molecule has 0 bridgehead atoms. The average Bonchev–Trinajstić information content (AvgIpc) is 2.69. The maximum absolute atomic E-state index is 11.5. The summed E-state index contributed by atoms with van der Waals surface area (Å²) in [5.74, 6) is 2.07. The van der Waals surface area contributed by atoms with Crippen molar-refractivity contribution < 1.29 is 4.74 Å². The van der Waals surface area contributed by atoms with Crippen LogP contribution in [0.5, 0.6) is 11.5 Å². The number of anilines is 4. The van der Waals surface area contributed by atoms with Gasteiger partial charge in [0.2, 0.25) is 11.9 Å². The fourth-order valence-corrected chi connectivity index (χ4v) is 2.90. The molecule has 0 saturated heterocycles. The van der Waals surface area contributed by atoms with Crippen LogP contribution in [0.2, 0.25) is 0 Å². The predicted octanol–water partition coefficient (Wildman–Crippen LogP) is 3.75. The van der Waals surface area contributed by atoms with E-state index in [0.717, 1.165) is 11.4 Å². The third-order valence-electron chi connectivity index (χ3n) is 4.21. The Morgan fingerprint density at radius 1 is 0.677 bits per heavy atom. The van der Waals surface area contributed by atoms with Gasteiger partial charge in [-0.05, 0) is 62.4 Å². The van der Waals surface area contributed by atoms with Crippen molar-refractivity contribution in [3.05, 3.63) is 92.8 Å². The van der Waals surface area contributed by atoms with E-state index in [-0.39, 0.29) is 11.1 Å². The first-order chi connectivity index (χ1) is 14.9. The van der Waals surface area contributed by atoms with Gasteiger partial charge in [-0.2, -0.15) is 0 Å². The molecule has 156 valence electrons. The number of ether oxygens (including phenoxy) is 1. The number of hydrogen-bond donors (Lipinski definition) is 4. The number of aromatic amines is 2. The van der Waals surface area contributed by atoms with Crippen molar-refractivity contribution in [2.45, 2.75) is 13.8 Å². The maximum atomic E-state index is 11.5. The second-order valence-corrected chi connectivity index (χ2v) is 6.87. The first kappa shape index (κ1) is 19.9. The van der Waals surface area contributed by atoms with Gasteiger partial charge in [-0.1, -0.05) is 0 Å². The number of aryl methyl sites for hydroxylation is 2. The van der Waals surface area contributed by atoms with Gasteiger partial charge in [-0.25, -0.2) is 9.97 Å². The van der Waals surface area contributed by atoms with Gasteiger partial charge in [-0.3, -0.25) is 19.6 Å². The van der Waals surface area contributed by atoms with E-state index >= 15 is 0 Å². The van der Waals surface area contributed by atoms with Gasteiger partial charge >= 0.3 is 0 Å². The molecule has 0 saturated carbocycles. The lowest BCUT2D eigenvalue weighted by atomic mass is 10.3. The number of rotatable bonds is 6. The predicted molar refractivity (Wildman–Crippen MR) is 119 cm³/mol. The minimum Gasteiger partial charge on any atom is -0.457 e. The molecule has 0 fully saturated rings. The Bertz CT molecular complexity index is 1210. The van der Waals surface area contributed by atoms with E-state index < -0.39 is 0 Å². The Balaban J connectivity index is 1.40. The molecule has 0 aliphatic heterocycles. The highest BCUT2D eigenvalue weighted by molar-refractivity contribution is 5.56. The quantitative estimate of drug-likeness (QED) is 0.377. The molecule has 4 aromatic rings. The van der Waals surface area contributed by atoms with E-state index in [4.69, 9.17) is 4.74 Å². The summed E-state index contributed by atoms with van der Waals surface area (Å²) in [6.45, 7) is 3.52. The molecule has 4 N–H and O–H groups in total. The molecule has 0 radical (unpaired) electrons. The highest BCUT2D eigenvalue weighted by atomic mass is 16.5. The van der Waals surface area contributed by atoms with E-state index in [2.05, 4.69) is 30.6 Å². The van der Waals surface area contributed by atoms with E-state index in [9.17, 15) is 9.59 Å². The summed E-state index contributed by atoms with van der Waals surface area (Å²) in [4.78, 5) is 36.8. The van der Waals surface area contributed by atoms with Gasteiger partial charge in [0.1, 0.15) is 11.5 Å². The maximum Gasteiger partial charge on any atom is 0.252 e. The molecule has 0 amide bonds. The van der Waals surface area contributed by atoms with Gasteiger partial charge in [0.25, 0.3) is 11.1 Å². The highest BCUT2D eigenvalue weighted by Gasteiger charge is 2.03. The Hall–Kier alpha value is -4.40. The molecule has 2 aromatic carbocycles. The number of benzene rings is 2. The van der Waals surface area contributed by atoms with Crippen LogP contribution < -0.4 is 26.5 Å². The summed E-state index contributed by atoms with van der Waals surface area (Å²) in [6, 6.07) is 17.4. The van der Waals surface area contributed by atoms with Gasteiger partial charge in [0.15, 0.2) is 0 Å². The van der Waals surface area contributed by atoms with Crippen molar-refractivity contribution in [1.82, 2.24) is 19.9 Å². The van der Waals surface area contributed by atoms with Crippen molar-refractivity contribution in [2.24, 2.45) is 0 Å². The fourth-order valence-electron chi connectivity index (χ4n) is 2.90. The summed E-state index contributed by atoms with van der Waals surface area (Å²) in [7, 11) is 0. The van der Waals surface area contributed by atoms with Gasteiger partial charge in [0.05, 0.1) is 0 Å². The lowest BCUT2D eigenvalue weighted by molar-refractivity contribution is 0.483. The van der Waals surface area contributed by atoms with Crippen molar-refractivity contribution >= 4 is 23.3 Å². The Morgan fingerprint density at radius 2 is 1.06 bits per heavy atom. The second-order valence-electron chi connectivity index (χ2n) is 6.87. The zero-order valence-electron chi connectivity index (χ0n) is 16.9. The molecule has 0 aliphatic rings. The molecule has 2 aromatic heterocycles. The highest BCUT2D eigenvalue weighted by Crippen LogP contribution is 2.25. The number of hydrogen-bond acceptors (Lipinski definition) is 7. The molecule has 4 rings (SSSR count). The summed E-state index contributed by atoms with van der Waals surface area (Å²) in [6.07, 6.45) is 0. The van der Waals surface area contributed by atoms with Crippen molar-refractivity contribution in [3.8, 4) is 11.5 Å². The monoisotopic (exact) mass is 416 g/mol. The summed E-state index contributed by atoms with van der Waals surface area (Å²) >= 11 is 0. The first-order valence-electron chi connectivity index (χ1n) is 9.51. The Labute approximate surface area is 177 Å². The number of aromatic nitrogens is 4. The molecule has 31 heavy (non-hydrogen) atoms. The van der Waals surface area contributed by atoms with Gasteiger partial charge in [-0.15, -0.1) is 0 Å². The molecular weight excluding hydrogens is 396 g/mol. The van der Waals surface area contributed by atoms with E-state index in [1.165, 1.54) is 12.1 Å². The first-order valence-corrected chi connectivity index (χ1v) is 9.51. The van der Waals surface area contributed by atoms with Crippen molar-refractivity contribution in [2.75, 3.05) is 10.6 Å². The zero-order chi connectivity index (χ0) is 21.8. The number of nitrogens with one attached hydrogen (secondary N) is 4. The fraction of sp³-hybridized carbons (Fsp3) is 0.0909. The number of nitrogens with zero attached hydrogens (tertiary/aromatic N) is 2. The Kier molecular flexibility index (Phi) is 5.48. The van der Waals surface area contributed by atoms with E-state index in [1.807, 2.05) is 48.5 Å². The molecule has 0 aliphatic carbocycles. The van der Waals surface area contributed by atoms with Gasteiger partial charge in [0, 0.05) is 34.9 Å². The van der Waals surface area contributed by atoms with E-state index in [1.54, 1.807) is 13.8 Å². The lowest BCUT2D eigenvalue weighted by Gasteiger charge is -2.10. The van der Waals surface area contributed by atoms with Crippen LogP contribution in [0.1, 0.15) is 11.4 Å². The van der Waals surface area contributed by atoms with Crippen LogP contribution in [0.4, 0.5) is 23.3 Å². The largest absolute Gasteiger partial charge is 0.457 e. The normalized spacial score (nSPS) is 10.5. The second kappa shape index (κ2) is 8.54. The molecule has 0 spiro atoms. The average molecular weight is 416 g/mol. The lowest BCUT2D eigenvalue weighted by Crippen LogP contribution is -2.10. The van der Waals surface area contributed by atoms with Crippen molar-refractivity contribution in [1.29, 1.82) is 0 Å². The molecule has 0 atom stereocenters. The minimum atomic E-state index is -0.211. The van der Waals surface area contributed by atoms with Crippen LogP contribution in [-0.4, -0.2) is 19.9 Å². The minimum absolute atomic E-state index is 0.211. The van der Waals surface area contributed by atoms with Crippen molar-refractivity contribution in [3.63, 3.8) is 0 Å². The standard InChI is InChI=1S/C22H20N6O3/c1-13-11-19(29)27-21(23-13)25-15-3-7-17(8-4-15)31-18-9-5-16(6-10-18)26-22-24-14(2)12-20(30)28-22/h3-12H,1-2H3,(H2,23,25,27,29)(H2,24,26,28,30). The molecule has 2 heterocycles. The van der Waals surface area contributed by atoms with Crippen LogP contribution in [0.25, 0.3) is 0 Å². The van der Waals surface area contributed by atoms with Gasteiger partial charge < -0.3 is 15.4 Å². The molecule has 9 heteroatoms. The van der Waals surface area contributed by atoms with E-state index in [0.29, 0.717) is 34.8 Å². The summed E-state index contributed by atoms with van der Waals surface area (Å²) < 4.78 is 5.86. The molecule has 0 unspecified atom stereocenters. The molecule has 9 nitrogen and oxygen atoms in total. The smallest absolute Gasteiger partial charge is 0.252 e. The van der Waals surface area contributed by atoms with Crippen LogP contribution in [0.15, 0.2) is 70.3 Å². The SMILES string of the molecule is Cc1cc(=O)[nH]c(Nc2ccc(Oc3ccc(Nc4nc(C)cc(=O)[nH]4)cc3)cc2)n1. The zero-order valence-corrected chi connectivity index (χ0v) is 16.9. The topological polar surface area (TPSA) is 125 Å².